The normalized spacial score (nSPS) is 13.1. The van der Waals surface area contributed by atoms with Gasteiger partial charge in [-0.05, 0) is 42.9 Å². The van der Waals surface area contributed by atoms with E-state index in [-0.39, 0.29) is 5.82 Å². The molecule has 0 aliphatic heterocycles. The lowest BCUT2D eigenvalue weighted by atomic mass is 10.0. The van der Waals surface area contributed by atoms with Crippen LogP contribution in [0, 0.1) is 11.7 Å². The van der Waals surface area contributed by atoms with Gasteiger partial charge in [0.25, 0.3) is 0 Å². The maximum Gasteiger partial charge on any atom is 0.123 e. The molecular weight excluding hydrogens is 255 g/mol. The van der Waals surface area contributed by atoms with Gasteiger partial charge < -0.3 is 0 Å². The van der Waals surface area contributed by atoms with Crippen LogP contribution < -0.4 is 0 Å². The summed E-state index contributed by atoms with van der Waals surface area (Å²) in [4.78, 5) is 0.572. The summed E-state index contributed by atoms with van der Waals surface area (Å²) in [7, 11) is 0. The van der Waals surface area contributed by atoms with Crippen LogP contribution in [0.25, 0.3) is 0 Å². The summed E-state index contributed by atoms with van der Waals surface area (Å²) in [6.07, 6.45) is 3.33. The summed E-state index contributed by atoms with van der Waals surface area (Å²) < 4.78 is 12.6. The minimum absolute atomic E-state index is 0.156. The summed E-state index contributed by atoms with van der Waals surface area (Å²) in [6, 6.07) is 6.79. The van der Waals surface area contributed by atoms with E-state index < -0.39 is 0 Å². The smallest absolute Gasteiger partial charge is 0.123 e. The topological polar surface area (TPSA) is 0 Å². The van der Waals surface area contributed by atoms with Crippen molar-refractivity contribution in [2.75, 3.05) is 0 Å². The van der Waals surface area contributed by atoms with E-state index in [0.29, 0.717) is 4.83 Å². The Hall–Kier alpha value is -0.370. The lowest BCUT2D eigenvalue weighted by molar-refractivity contribution is 0.554. The van der Waals surface area contributed by atoms with Gasteiger partial charge >= 0.3 is 0 Å². The Kier molecular flexibility index (Phi) is 5.30. The van der Waals surface area contributed by atoms with Gasteiger partial charge in [-0.25, -0.2) is 4.39 Å². The van der Waals surface area contributed by atoms with Gasteiger partial charge in [0.2, 0.25) is 0 Å². The molecule has 1 rings (SSSR count). The van der Waals surface area contributed by atoms with Crippen molar-refractivity contribution in [3.05, 3.63) is 35.6 Å². The van der Waals surface area contributed by atoms with Crippen LogP contribution in [0.5, 0.6) is 0 Å². The molecule has 84 valence electrons. The average molecular weight is 273 g/mol. The largest absolute Gasteiger partial charge is 0.207 e. The number of benzene rings is 1. The average Bonchev–Trinajstić information content (AvgIpc) is 2.16. The number of hydrogen-bond donors (Lipinski definition) is 0. The SMILES string of the molecule is CC(C)CC(Br)CCc1ccc(F)cc1. The van der Waals surface area contributed by atoms with E-state index in [1.54, 1.807) is 0 Å². The van der Waals surface area contributed by atoms with Crippen LogP contribution in [-0.4, -0.2) is 4.83 Å². The Morgan fingerprint density at radius 1 is 1.20 bits per heavy atom. The standard InChI is InChI=1S/C13H18BrF/c1-10(2)9-12(14)6-3-11-4-7-13(15)8-5-11/h4-5,7-8,10,12H,3,6,9H2,1-2H3. The van der Waals surface area contributed by atoms with E-state index in [9.17, 15) is 4.39 Å². The highest BCUT2D eigenvalue weighted by atomic mass is 79.9. The van der Waals surface area contributed by atoms with E-state index in [4.69, 9.17) is 0 Å². The lowest BCUT2D eigenvalue weighted by Crippen LogP contribution is -2.04. The third kappa shape index (κ3) is 5.31. The maximum absolute atomic E-state index is 12.6. The van der Waals surface area contributed by atoms with Crippen LogP contribution in [0.15, 0.2) is 24.3 Å². The molecule has 1 aromatic carbocycles. The summed E-state index contributed by atoms with van der Waals surface area (Å²) >= 11 is 3.68. The zero-order valence-electron chi connectivity index (χ0n) is 9.34. The molecule has 0 N–H and O–H groups in total. The molecule has 0 saturated heterocycles. The zero-order valence-corrected chi connectivity index (χ0v) is 10.9. The van der Waals surface area contributed by atoms with Gasteiger partial charge in [0.05, 0.1) is 0 Å². The van der Waals surface area contributed by atoms with Crippen LogP contribution in [-0.2, 0) is 6.42 Å². The molecule has 0 aliphatic carbocycles. The number of alkyl halides is 1. The first-order valence-electron chi connectivity index (χ1n) is 5.46. The molecule has 0 heterocycles. The van der Waals surface area contributed by atoms with Crippen LogP contribution in [0.1, 0.15) is 32.3 Å². The monoisotopic (exact) mass is 272 g/mol. The van der Waals surface area contributed by atoms with Gasteiger partial charge in [-0.2, -0.15) is 0 Å². The Bertz CT molecular complexity index is 279. The Balaban J connectivity index is 2.33. The highest BCUT2D eigenvalue weighted by Gasteiger charge is 2.06. The number of halogens is 2. The van der Waals surface area contributed by atoms with Crippen LogP contribution in [0.3, 0.4) is 0 Å². The fourth-order valence-electron chi connectivity index (χ4n) is 1.60. The van der Waals surface area contributed by atoms with Crippen molar-refractivity contribution >= 4 is 15.9 Å². The van der Waals surface area contributed by atoms with Crippen LogP contribution >= 0.6 is 15.9 Å². The molecule has 0 bridgehead atoms. The van der Waals surface area contributed by atoms with Crippen LogP contribution in [0.4, 0.5) is 4.39 Å². The fraction of sp³-hybridized carbons (Fsp3) is 0.538. The summed E-state index contributed by atoms with van der Waals surface area (Å²) in [5.41, 5.74) is 1.21. The summed E-state index contributed by atoms with van der Waals surface area (Å²) in [5.74, 6) is 0.568. The van der Waals surface area contributed by atoms with Crippen molar-refractivity contribution < 1.29 is 4.39 Å². The Labute approximate surface area is 100 Å². The first-order chi connectivity index (χ1) is 7.08. The minimum Gasteiger partial charge on any atom is -0.207 e. The quantitative estimate of drug-likeness (QED) is 0.689. The Morgan fingerprint density at radius 2 is 1.80 bits per heavy atom. The molecule has 0 aromatic heterocycles. The first kappa shape index (κ1) is 12.7. The van der Waals surface area contributed by atoms with Gasteiger partial charge in [0, 0.05) is 4.83 Å². The molecule has 0 nitrogen and oxygen atoms in total. The number of aryl methyl sites for hydroxylation is 1. The second kappa shape index (κ2) is 6.26. The number of rotatable bonds is 5. The van der Waals surface area contributed by atoms with Crippen molar-refractivity contribution in [1.29, 1.82) is 0 Å². The maximum atomic E-state index is 12.6. The fourth-order valence-corrected chi connectivity index (χ4v) is 2.58. The zero-order chi connectivity index (χ0) is 11.3. The second-order valence-electron chi connectivity index (χ2n) is 4.39. The predicted octanol–water partition coefficient (Wildman–Crippen LogP) is 4.57. The highest BCUT2D eigenvalue weighted by Crippen LogP contribution is 2.18. The van der Waals surface area contributed by atoms with Crippen molar-refractivity contribution in [1.82, 2.24) is 0 Å². The van der Waals surface area contributed by atoms with Gasteiger partial charge in [0.1, 0.15) is 5.82 Å². The van der Waals surface area contributed by atoms with Crippen molar-refractivity contribution in [3.8, 4) is 0 Å². The third-order valence-corrected chi connectivity index (χ3v) is 3.22. The summed E-state index contributed by atoms with van der Waals surface area (Å²) in [5, 5.41) is 0. The van der Waals surface area contributed by atoms with Gasteiger partial charge in [0.15, 0.2) is 0 Å². The molecule has 0 saturated carbocycles. The molecule has 1 aromatic rings. The molecule has 0 spiro atoms. The van der Waals surface area contributed by atoms with Crippen molar-refractivity contribution in [3.63, 3.8) is 0 Å². The molecule has 0 aliphatic rings. The molecule has 0 radical (unpaired) electrons. The van der Waals surface area contributed by atoms with E-state index in [1.807, 2.05) is 12.1 Å². The van der Waals surface area contributed by atoms with E-state index in [0.717, 1.165) is 18.8 Å². The van der Waals surface area contributed by atoms with E-state index in [1.165, 1.54) is 24.1 Å². The van der Waals surface area contributed by atoms with Crippen molar-refractivity contribution in [2.24, 2.45) is 5.92 Å². The molecule has 0 fully saturated rings. The predicted molar refractivity (Wildman–Crippen MR) is 66.9 cm³/mol. The molecule has 1 atom stereocenters. The molecular formula is C13H18BrF. The van der Waals surface area contributed by atoms with E-state index in [2.05, 4.69) is 29.8 Å². The molecule has 1 unspecified atom stereocenters. The molecule has 2 heteroatoms. The summed E-state index contributed by atoms with van der Waals surface area (Å²) in [6.45, 7) is 4.46. The lowest BCUT2D eigenvalue weighted by Gasteiger charge is -2.11. The minimum atomic E-state index is -0.156. The van der Waals surface area contributed by atoms with Crippen LogP contribution in [0.2, 0.25) is 0 Å². The van der Waals surface area contributed by atoms with Gasteiger partial charge in [-0.15, -0.1) is 0 Å². The van der Waals surface area contributed by atoms with Gasteiger partial charge in [-0.3, -0.25) is 0 Å². The number of hydrogen-bond acceptors (Lipinski definition) is 0. The third-order valence-electron chi connectivity index (χ3n) is 2.39. The first-order valence-corrected chi connectivity index (χ1v) is 6.38. The Morgan fingerprint density at radius 3 is 2.33 bits per heavy atom. The molecule has 15 heavy (non-hydrogen) atoms. The second-order valence-corrected chi connectivity index (χ2v) is 5.69. The van der Waals surface area contributed by atoms with Gasteiger partial charge in [-0.1, -0.05) is 41.9 Å². The van der Waals surface area contributed by atoms with E-state index >= 15 is 0 Å². The molecule has 0 amide bonds. The highest BCUT2D eigenvalue weighted by molar-refractivity contribution is 9.09. The van der Waals surface area contributed by atoms with Crippen molar-refractivity contribution in [2.45, 2.75) is 37.9 Å².